The Morgan fingerprint density at radius 1 is 1.06 bits per heavy atom. The Morgan fingerprint density at radius 3 is 2.18 bits per heavy atom. The van der Waals surface area contributed by atoms with Gasteiger partial charge in [0.15, 0.2) is 0 Å². The third-order valence-corrected chi connectivity index (χ3v) is 6.39. The van der Waals surface area contributed by atoms with E-state index in [1.54, 1.807) is 31.2 Å². The Hall–Kier alpha value is -2.65. The molecule has 2 aromatic carbocycles. The lowest BCUT2D eigenvalue weighted by atomic mass is 10.1. The Labute approximate surface area is 199 Å². The summed E-state index contributed by atoms with van der Waals surface area (Å²) in [6, 6.07) is 10.9. The molecule has 0 aromatic heterocycles. The first kappa shape index (κ1) is 26.6. The third kappa shape index (κ3) is 7.71. The topological polar surface area (TPSA) is 86.8 Å². The smallest absolute Gasteiger partial charge is 0.244 e. The van der Waals surface area contributed by atoms with Crippen LogP contribution in [0.4, 0.5) is 10.1 Å². The van der Waals surface area contributed by atoms with Gasteiger partial charge in [-0.1, -0.05) is 37.6 Å². The number of halogens is 2. The normalized spacial score (nSPS) is 12.2. The SMILES string of the molecule is CCCNC(=O)C(CC)N(Cc1ccc(Cl)cc1)C(=O)CN(c1ccc(F)cc1)S(C)(=O)=O. The highest BCUT2D eigenvalue weighted by molar-refractivity contribution is 7.92. The number of anilines is 1. The lowest BCUT2D eigenvalue weighted by molar-refractivity contribution is -0.140. The fraction of sp³-hybridized carbons (Fsp3) is 0.391. The lowest BCUT2D eigenvalue weighted by Gasteiger charge is -2.32. The van der Waals surface area contributed by atoms with Gasteiger partial charge in [0.2, 0.25) is 21.8 Å². The van der Waals surface area contributed by atoms with Gasteiger partial charge in [0.1, 0.15) is 18.4 Å². The second kappa shape index (κ2) is 12.0. The van der Waals surface area contributed by atoms with Crippen LogP contribution in [0.15, 0.2) is 48.5 Å². The van der Waals surface area contributed by atoms with Gasteiger partial charge in [-0.2, -0.15) is 0 Å². The number of amides is 2. The molecule has 0 spiro atoms. The van der Waals surface area contributed by atoms with Crippen LogP contribution in [0.2, 0.25) is 5.02 Å². The molecule has 10 heteroatoms. The van der Waals surface area contributed by atoms with Crippen molar-refractivity contribution in [3.05, 3.63) is 64.9 Å². The molecular weight excluding hydrogens is 469 g/mol. The largest absolute Gasteiger partial charge is 0.354 e. The number of hydrogen-bond acceptors (Lipinski definition) is 4. The molecule has 0 heterocycles. The first-order valence-corrected chi connectivity index (χ1v) is 12.8. The number of hydrogen-bond donors (Lipinski definition) is 1. The molecule has 0 saturated heterocycles. The van der Waals surface area contributed by atoms with E-state index in [0.717, 1.165) is 34.7 Å². The number of carbonyl (C=O) groups is 2. The molecule has 0 radical (unpaired) electrons. The maximum Gasteiger partial charge on any atom is 0.244 e. The highest BCUT2D eigenvalue weighted by atomic mass is 35.5. The van der Waals surface area contributed by atoms with Gasteiger partial charge < -0.3 is 10.2 Å². The van der Waals surface area contributed by atoms with Crippen molar-refractivity contribution in [1.29, 1.82) is 0 Å². The number of rotatable bonds is 11. The van der Waals surface area contributed by atoms with Crippen molar-refractivity contribution in [2.75, 3.05) is 23.7 Å². The molecule has 2 amide bonds. The molecular formula is C23H29ClFN3O4S. The molecule has 0 aliphatic rings. The standard InChI is InChI=1S/C23H29ClFN3O4S/c1-4-14-26-23(30)21(5-2)27(15-17-6-8-18(24)9-7-17)22(29)16-28(33(3,31)32)20-12-10-19(25)11-13-20/h6-13,21H,4-5,14-16H2,1-3H3,(H,26,30). The molecule has 0 fully saturated rings. The Bertz CT molecular complexity index is 1050. The summed E-state index contributed by atoms with van der Waals surface area (Å²) in [7, 11) is -3.86. The van der Waals surface area contributed by atoms with Crippen LogP contribution in [0.1, 0.15) is 32.3 Å². The van der Waals surface area contributed by atoms with Gasteiger partial charge in [0.05, 0.1) is 11.9 Å². The molecule has 33 heavy (non-hydrogen) atoms. The van der Waals surface area contributed by atoms with Crippen LogP contribution in [0, 0.1) is 5.82 Å². The molecule has 1 atom stereocenters. The van der Waals surface area contributed by atoms with Crippen molar-refractivity contribution in [2.24, 2.45) is 0 Å². The monoisotopic (exact) mass is 497 g/mol. The van der Waals surface area contributed by atoms with Crippen LogP contribution in [-0.2, 0) is 26.2 Å². The predicted molar refractivity (Wildman–Crippen MR) is 128 cm³/mol. The van der Waals surface area contributed by atoms with Crippen LogP contribution in [0.3, 0.4) is 0 Å². The number of benzene rings is 2. The van der Waals surface area contributed by atoms with Gasteiger partial charge in [0.25, 0.3) is 0 Å². The summed E-state index contributed by atoms with van der Waals surface area (Å²) in [5.74, 6) is -1.39. The van der Waals surface area contributed by atoms with Gasteiger partial charge in [-0.3, -0.25) is 13.9 Å². The van der Waals surface area contributed by atoms with Crippen LogP contribution in [0.25, 0.3) is 0 Å². The average molecular weight is 498 g/mol. The zero-order valence-corrected chi connectivity index (χ0v) is 20.5. The zero-order valence-electron chi connectivity index (χ0n) is 18.9. The molecule has 1 unspecified atom stereocenters. The summed E-state index contributed by atoms with van der Waals surface area (Å²) in [4.78, 5) is 27.6. The summed E-state index contributed by atoms with van der Waals surface area (Å²) in [6.07, 6.45) is 2.04. The molecule has 0 aliphatic heterocycles. The van der Waals surface area contributed by atoms with Crippen molar-refractivity contribution in [3.8, 4) is 0 Å². The van der Waals surface area contributed by atoms with Gasteiger partial charge in [0, 0.05) is 18.1 Å². The molecule has 2 rings (SSSR count). The molecule has 1 N–H and O–H groups in total. The van der Waals surface area contributed by atoms with E-state index >= 15 is 0 Å². The second-order valence-electron chi connectivity index (χ2n) is 7.61. The average Bonchev–Trinajstić information content (AvgIpc) is 2.77. The van der Waals surface area contributed by atoms with E-state index in [1.165, 1.54) is 17.0 Å². The summed E-state index contributed by atoms with van der Waals surface area (Å²) in [5, 5.41) is 3.34. The van der Waals surface area contributed by atoms with Crippen molar-refractivity contribution >= 4 is 39.1 Å². The maximum absolute atomic E-state index is 13.4. The van der Waals surface area contributed by atoms with E-state index in [0.29, 0.717) is 18.0 Å². The van der Waals surface area contributed by atoms with Crippen LogP contribution >= 0.6 is 11.6 Å². The quantitative estimate of drug-likeness (QED) is 0.514. The molecule has 2 aromatic rings. The molecule has 7 nitrogen and oxygen atoms in total. The number of nitrogens with zero attached hydrogens (tertiary/aromatic N) is 2. The number of nitrogens with one attached hydrogen (secondary N) is 1. The zero-order chi connectivity index (χ0) is 24.6. The summed E-state index contributed by atoms with van der Waals surface area (Å²) < 4.78 is 39.2. The Kier molecular flexibility index (Phi) is 9.67. The highest BCUT2D eigenvalue weighted by Crippen LogP contribution is 2.20. The molecule has 0 bridgehead atoms. The highest BCUT2D eigenvalue weighted by Gasteiger charge is 2.31. The maximum atomic E-state index is 13.4. The van der Waals surface area contributed by atoms with Crippen molar-refractivity contribution in [1.82, 2.24) is 10.2 Å². The first-order chi connectivity index (χ1) is 15.6. The van der Waals surface area contributed by atoms with E-state index < -0.39 is 34.3 Å². The predicted octanol–water partition coefficient (Wildman–Crippen LogP) is 3.58. The number of carbonyl (C=O) groups excluding carboxylic acids is 2. The second-order valence-corrected chi connectivity index (χ2v) is 9.95. The van der Waals surface area contributed by atoms with E-state index in [-0.39, 0.29) is 18.1 Å². The lowest BCUT2D eigenvalue weighted by Crippen LogP contribution is -2.52. The minimum atomic E-state index is -3.86. The first-order valence-electron chi connectivity index (χ1n) is 10.6. The van der Waals surface area contributed by atoms with Crippen molar-refractivity contribution < 1.29 is 22.4 Å². The van der Waals surface area contributed by atoms with Crippen LogP contribution in [-0.4, -0.2) is 50.5 Å². The van der Waals surface area contributed by atoms with Gasteiger partial charge in [-0.25, -0.2) is 12.8 Å². The van der Waals surface area contributed by atoms with Gasteiger partial charge in [-0.05, 0) is 54.8 Å². The molecule has 0 saturated carbocycles. The van der Waals surface area contributed by atoms with Crippen molar-refractivity contribution in [3.63, 3.8) is 0 Å². The third-order valence-electron chi connectivity index (χ3n) is 5.00. The minimum Gasteiger partial charge on any atom is -0.354 e. The van der Waals surface area contributed by atoms with Crippen LogP contribution < -0.4 is 9.62 Å². The van der Waals surface area contributed by atoms with E-state index in [9.17, 15) is 22.4 Å². The molecule has 0 aliphatic carbocycles. The van der Waals surface area contributed by atoms with Crippen LogP contribution in [0.5, 0.6) is 0 Å². The van der Waals surface area contributed by atoms with E-state index in [4.69, 9.17) is 11.6 Å². The van der Waals surface area contributed by atoms with E-state index in [1.807, 2.05) is 6.92 Å². The Morgan fingerprint density at radius 2 is 1.67 bits per heavy atom. The summed E-state index contributed by atoms with van der Waals surface area (Å²) in [6.45, 7) is 3.73. The summed E-state index contributed by atoms with van der Waals surface area (Å²) in [5.41, 5.74) is 0.893. The fourth-order valence-electron chi connectivity index (χ4n) is 3.29. The van der Waals surface area contributed by atoms with Gasteiger partial charge in [-0.15, -0.1) is 0 Å². The van der Waals surface area contributed by atoms with E-state index in [2.05, 4.69) is 5.32 Å². The number of sulfonamides is 1. The summed E-state index contributed by atoms with van der Waals surface area (Å²) >= 11 is 5.96. The van der Waals surface area contributed by atoms with Gasteiger partial charge >= 0.3 is 0 Å². The minimum absolute atomic E-state index is 0.0923. The Balaban J connectivity index is 2.39. The van der Waals surface area contributed by atoms with Crippen molar-refractivity contribution in [2.45, 2.75) is 39.3 Å². The molecule has 180 valence electrons. The fourth-order valence-corrected chi connectivity index (χ4v) is 4.27.